The predicted octanol–water partition coefficient (Wildman–Crippen LogP) is 2.51. The number of piperidine rings is 1. The summed E-state index contributed by atoms with van der Waals surface area (Å²) in [6, 6.07) is 8.65. The number of nitriles is 1. The van der Waals surface area contributed by atoms with E-state index >= 15 is 0 Å². The molecule has 2 heterocycles. The number of likely N-dealkylation sites (tertiary alicyclic amines) is 1. The molecule has 1 saturated heterocycles. The van der Waals surface area contributed by atoms with Gasteiger partial charge >= 0.3 is 0 Å². The molecule has 1 aliphatic heterocycles. The first-order valence-electron chi connectivity index (χ1n) is 7.67. The summed E-state index contributed by atoms with van der Waals surface area (Å²) in [6.07, 6.45) is 2.93. The summed E-state index contributed by atoms with van der Waals surface area (Å²) in [7, 11) is 0. The smallest absolute Gasteiger partial charge is 0.253 e. The molecule has 1 aromatic carbocycles. The summed E-state index contributed by atoms with van der Waals surface area (Å²) in [5.41, 5.74) is 1.10. The van der Waals surface area contributed by atoms with Crippen LogP contribution in [-0.4, -0.2) is 34.8 Å². The van der Waals surface area contributed by atoms with Crippen molar-refractivity contribution in [3.05, 3.63) is 47.0 Å². The first-order chi connectivity index (χ1) is 11.7. The van der Waals surface area contributed by atoms with Crippen molar-refractivity contribution < 1.29 is 9.59 Å². The van der Waals surface area contributed by atoms with Gasteiger partial charge in [-0.2, -0.15) is 5.26 Å². The van der Waals surface area contributed by atoms with E-state index in [9.17, 15) is 9.59 Å². The van der Waals surface area contributed by atoms with Crippen LogP contribution in [0.25, 0.3) is 0 Å². The minimum Gasteiger partial charge on any atom is -0.339 e. The van der Waals surface area contributed by atoms with Gasteiger partial charge in [0.1, 0.15) is 0 Å². The standard InChI is InChI=1S/C17H16N4O2S/c18-11-12-1-3-14(4-2-12)16(23)21-8-5-13(6-9-21)15(22)20-17-19-7-10-24-17/h1-4,7,10,13H,5-6,8-9H2,(H,19,20,22). The third-order valence-electron chi connectivity index (χ3n) is 4.08. The highest BCUT2D eigenvalue weighted by Crippen LogP contribution is 2.21. The number of nitrogens with one attached hydrogen (secondary N) is 1. The van der Waals surface area contributed by atoms with Gasteiger partial charge in [0.25, 0.3) is 5.91 Å². The average molecular weight is 340 g/mol. The Morgan fingerprint density at radius 2 is 1.96 bits per heavy atom. The lowest BCUT2D eigenvalue weighted by Gasteiger charge is -2.31. The summed E-state index contributed by atoms with van der Waals surface area (Å²) in [6.45, 7) is 1.10. The van der Waals surface area contributed by atoms with Gasteiger partial charge in [-0.15, -0.1) is 11.3 Å². The number of amides is 2. The van der Waals surface area contributed by atoms with Gasteiger partial charge in [-0.05, 0) is 37.1 Å². The molecule has 122 valence electrons. The van der Waals surface area contributed by atoms with Gasteiger partial charge in [-0.25, -0.2) is 4.98 Å². The molecule has 7 heteroatoms. The zero-order valence-corrected chi connectivity index (χ0v) is 13.8. The number of nitrogens with zero attached hydrogens (tertiary/aromatic N) is 3. The molecule has 0 unspecified atom stereocenters. The zero-order valence-electron chi connectivity index (χ0n) is 12.9. The number of carbonyl (C=O) groups excluding carboxylic acids is 2. The molecular formula is C17H16N4O2S. The SMILES string of the molecule is N#Cc1ccc(C(=O)N2CCC(C(=O)Nc3nccs3)CC2)cc1. The van der Waals surface area contributed by atoms with Crippen LogP contribution in [0.1, 0.15) is 28.8 Å². The summed E-state index contributed by atoms with van der Waals surface area (Å²) < 4.78 is 0. The molecular weight excluding hydrogens is 324 g/mol. The highest BCUT2D eigenvalue weighted by Gasteiger charge is 2.28. The number of hydrogen-bond donors (Lipinski definition) is 1. The van der Waals surface area contributed by atoms with E-state index in [0.717, 1.165) is 0 Å². The van der Waals surface area contributed by atoms with E-state index < -0.39 is 0 Å². The second-order valence-electron chi connectivity index (χ2n) is 5.58. The van der Waals surface area contributed by atoms with Gasteiger partial charge in [0, 0.05) is 36.1 Å². The van der Waals surface area contributed by atoms with Gasteiger partial charge in [-0.3, -0.25) is 9.59 Å². The van der Waals surface area contributed by atoms with Crippen molar-refractivity contribution in [3.63, 3.8) is 0 Å². The Morgan fingerprint density at radius 3 is 2.54 bits per heavy atom. The topological polar surface area (TPSA) is 86.1 Å². The molecule has 0 atom stereocenters. The Hall–Kier alpha value is -2.72. The van der Waals surface area contributed by atoms with Crippen LogP contribution in [0.4, 0.5) is 5.13 Å². The van der Waals surface area contributed by atoms with Crippen LogP contribution in [-0.2, 0) is 4.79 Å². The maximum absolute atomic E-state index is 12.5. The van der Waals surface area contributed by atoms with Crippen LogP contribution in [0, 0.1) is 17.2 Å². The number of aromatic nitrogens is 1. The Kier molecular flexibility index (Phi) is 4.87. The van der Waals surface area contributed by atoms with Crippen molar-refractivity contribution in [3.8, 4) is 6.07 Å². The largest absolute Gasteiger partial charge is 0.339 e. The van der Waals surface area contributed by atoms with E-state index in [4.69, 9.17) is 5.26 Å². The van der Waals surface area contributed by atoms with Crippen LogP contribution in [0.5, 0.6) is 0 Å². The van der Waals surface area contributed by atoms with Gasteiger partial charge in [0.15, 0.2) is 5.13 Å². The molecule has 1 N–H and O–H groups in total. The second-order valence-corrected chi connectivity index (χ2v) is 6.48. The first kappa shape index (κ1) is 16.1. The fourth-order valence-electron chi connectivity index (χ4n) is 2.71. The number of rotatable bonds is 3. The van der Waals surface area contributed by atoms with Crippen molar-refractivity contribution in [1.29, 1.82) is 5.26 Å². The number of anilines is 1. The first-order valence-corrected chi connectivity index (χ1v) is 8.55. The van der Waals surface area contributed by atoms with Gasteiger partial charge in [-0.1, -0.05) is 0 Å². The minimum absolute atomic E-state index is 0.0320. The molecule has 24 heavy (non-hydrogen) atoms. The van der Waals surface area contributed by atoms with E-state index in [1.54, 1.807) is 35.4 Å². The van der Waals surface area contributed by atoms with Crippen molar-refractivity contribution >= 4 is 28.3 Å². The molecule has 0 bridgehead atoms. The minimum atomic E-state index is -0.0982. The lowest BCUT2D eigenvalue weighted by molar-refractivity contribution is -0.121. The molecule has 6 nitrogen and oxygen atoms in total. The van der Waals surface area contributed by atoms with Crippen LogP contribution >= 0.6 is 11.3 Å². The zero-order chi connectivity index (χ0) is 16.9. The van der Waals surface area contributed by atoms with Crippen molar-refractivity contribution in [1.82, 2.24) is 9.88 Å². The lowest BCUT2D eigenvalue weighted by Crippen LogP contribution is -2.41. The lowest BCUT2D eigenvalue weighted by atomic mass is 9.95. The van der Waals surface area contributed by atoms with Crippen molar-refractivity contribution in [2.24, 2.45) is 5.92 Å². The molecule has 1 aliphatic rings. The van der Waals surface area contributed by atoms with Gasteiger partial charge in [0.2, 0.25) is 5.91 Å². The molecule has 0 spiro atoms. The maximum atomic E-state index is 12.5. The number of hydrogen-bond acceptors (Lipinski definition) is 5. The van der Waals surface area contributed by atoms with Crippen LogP contribution in [0.15, 0.2) is 35.8 Å². The fraction of sp³-hybridized carbons (Fsp3) is 0.294. The summed E-state index contributed by atoms with van der Waals surface area (Å²) in [4.78, 5) is 30.5. The Labute approximate surface area is 143 Å². The van der Waals surface area contributed by atoms with Crippen molar-refractivity contribution in [2.45, 2.75) is 12.8 Å². The van der Waals surface area contributed by atoms with Gasteiger partial charge in [0.05, 0.1) is 11.6 Å². The molecule has 1 aromatic heterocycles. The van der Waals surface area contributed by atoms with Crippen LogP contribution in [0.3, 0.4) is 0 Å². The fourth-order valence-corrected chi connectivity index (χ4v) is 3.24. The van der Waals surface area contributed by atoms with E-state index in [1.807, 2.05) is 11.4 Å². The van der Waals surface area contributed by atoms with Crippen LogP contribution in [0.2, 0.25) is 0 Å². The third kappa shape index (κ3) is 3.60. The van der Waals surface area contributed by atoms with E-state index in [-0.39, 0.29) is 17.7 Å². The average Bonchev–Trinajstić information content (AvgIpc) is 3.14. The molecule has 1 fully saturated rings. The number of thiazole rings is 1. The predicted molar refractivity (Wildman–Crippen MR) is 90.5 cm³/mol. The van der Waals surface area contributed by atoms with E-state index in [0.29, 0.717) is 42.2 Å². The monoisotopic (exact) mass is 340 g/mol. The summed E-state index contributed by atoms with van der Waals surface area (Å²) >= 11 is 1.39. The highest BCUT2D eigenvalue weighted by atomic mass is 32.1. The summed E-state index contributed by atoms with van der Waals surface area (Å²) in [5.74, 6) is -0.187. The molecule has 0 saturated carbocycles. The quantitative estimate of drug-likeness (QED) is 0.930. The van der Waals surface area contributed by atoms with Crippen molar-refractivity contribution in [2.75, 3.05) is 18.4 Å². The molecule has 0 aliphatic carbocycles. The second kappa shape index (κ2) is 7.23. The van der Waals surface area contributed by atoms with Gasteiger partial charge < -0.3 is 10.2 Å². The number of benzene rings is 1. The summed E-state index contributed by atoms with van der Waals surface area (Å²) in [5, 5.41) is 14.0. The molecule has 2 aromatic rings. The van der Waals surface area contributed by atoms with Crippen LogP contribution < -0.4 is 5.32 Å². The molecule has 3 rings (SSSR count). The Morgan fingerprint density at radius 1 is 1.25 bits per heavy atom. The Balaban J connectivity index is 1.55. The molecule has 0 radical (unpaired) electrons. The van der Waals surface area contributed by atoms with E-state index in [2.05, 4.69) is 10.3 Å². The number of carbonyl (C=O) groups is 2. The highest BCUT2D eigenvalue weighted by molar-refractivity contribution is 7.13. The van der Waals surface area contributed by atoms with E-state index in [1.165, 1.54) is 11.3 Å². The molecule has 2 amide bonds. The maximum Gasteiger partial charge on any atom is 0.253 e. The third-order valence-corrected chi connectivity index (χ3v) is 4.76. The Bertz CT molecular complexity index is 757. The normalized spacial score (nSPS) is 14.9.